The fraction of sp³-hybridized carbons (Fsp3) is 0.371. The molecule has 3 aliphatic heterocycles. The molecule has 15 rings (SSSR count). The number of nitrogens with zero attached hydrogens (tertiary/aromatic N) is 12. The molecule has 25 heteroatoms. The molecule has 6 aromatic heterocycles. The van der Waals surface area contributed by atoms with Crippen molar-refractivity contribution in [3.05, 3.63) is 285 Å². The summed E-state index contributed by atoms with van der Waals surface area (Å²) in [6, 6.07) is 48.1. The van der Waals surface area contributed by atoms with E-state index in [9.17, 15) is 31.9 Å². The molecule has 21 nitrogen and oxygen atoms in total. The molecule has 0 bridgehead atoms. The highest BCUT2D eigenvalue weighted by Gasteiger charge is 2.42. The molecule has 0 spiro atoms. The first-order chi connectivity index (χ1) is 59.0. The summed E-state index contributed by atoms with van der Waals surface area (Å²) in [6.07, 6.45) is 15.6. The molecule has 9 atom stereocenters. The monoisotopic (exact) mass is 1660 g/mol. The number of halogens is 4. The predicted octanol–water partition coefficient (Wildman–Crippen LogP) is 17.4. The van der Waals surface area contributed by atoms with Crippen LogP contribution in [0.3, 0.4) is 0 Å². The van der Waals surface area contributed by atoms with Gasteiger partial charge >= 0.3 is 0 Å². The highest BCUT2D eigenvalue weighted by Crippen LogP contribution is 2.45. The molecule has 3 aliphatic rings. The zero-order chi connectivity index (χ0) is 86.3. The number of benzene rings is 6. The van der Waals surface area contributed by atoms with E-state index < -0.39 is 11.6 Å². The van der Waals surface area contributed by atoms with Gasteiger partial charge in [0.05, 0.1) is 58.3 Å². The number of para-hydroxylation sites is 3. The standard InChI is InChI=1S/C33H37FN4O3.C32H35F2N5O2.C32H36FN5O2/c1-21-16-23(10-12-29(21)34)33-25(17-26(36-33)14-15-40-3)18-28(39)19-30-22(2)32(24-11-13-31(41-4)35-20-24)37-38(30)27-8-6-5-7-9-27;1-20-30(39(25-8-6-5-7-9-25)37-31(20)24-18-35-21(2)36-19-24)17-27(40)15-23-14-26(12-13-41-4)38(3)32(23)22-10-11-28(33)29(34)16-22;1-20-14-23(10-11-29(20)33)32-24(15-26(36-32)12-13-40-4)16-28(39)17-30-21(2)31(25-18-34-22(3)35-19-25)37-38(30)27-8-6-5-7-9-27/h5-13,16,20,25-26,33,36H,14-15,17-19H2,1-4H3;5-11,16,18-19,23,26,32H,12-15,17H2,1-4H3;5-11,14,18-19,24,26,32,36H,12-13,15-17H2,1-4H3/t25-,26+,33-;23-,26+,32-;24-,26+,32-/m000/s1. The molecular formula is C97H108F4N14O7. The maximum atomic E-state index is 14.3. The third-order valence-corrected chi connectivity index (χ3v) is 24.0. The Balaban J connectivity index is 0.000000158. The zero-order valence-electron chi connectivity index (χ0n) is 71.4. The van der Waals surface area contributed by atoms with E-state index in [1.54, 1.807) is 79.3 Å². The van der Waals surface area contributed by atoms with E-state index in [1.807, 2.05) is 183 Å². The number of rotatable bonds is 31. The Kier molecular flexibility index (Phi) is 29.7. The second kappa shape index (κ2) is 40.9. The Morgan fingerprint density at radius 1 is 0.410 bits per heavy atom. The lowest BCUT2D eigenvalue weighted by Crippen LogP contribution is -2.29. The molecule has 122 heavy (non-hydrogen) atoms. The number of hydrogen-bond donors (Lipinski definition) is 2. The van der Waals surface area contributed by atoms with E-state index in [2.05, 4.69) is 40.5 Å². The van der Waals surface area contributed by atoms with Crippen LogP contribution < -0.4 is 15.4 Å². The van der Waals surface area contributed by atoms with Crippen molar-refractivity contribution in [2.45, 2.75) is 162 Å². The molecule has 3 fully saturated rings. The number of ketones is 3. The Labute approximate surface area is 711 Å². The molecule has 0 saturated carbocycles. The average Bonchev–Trinajstić information content (AvgIpc) is 1.64. The summed E-state index contributed by atoms with van der Waals surface area (Å²) in [6.45, 7) is 15.1. The molecule has 6 aromatic carbocycles. The van der Waals surface area contributed by atoms with Gasteiger partial charge in [0.15, 0.2) is 11.6 Å². The van der Waals surface area contributed by atoms with Crippen molar-refractivity contribution in [3.63, 3.8) is 0 Å². The Morgan fingerprint density at radius 3 is 1.16 bits per heavy atom. The van der Waals surface area contributed by atoms with Crippen molar-refractivity contribution in [1.82, 2.24) is 69.8 Å². The number of hydrogen-bond acceptors (Lipinski definition) is 18. The van der Waals surface area contributed by atoms with Crippen molar-refractivity contribution < 1.29 is 50.9 Å². The fourth-order valence-corrected chi connectivity index (χ4v) is 17.6. The number of carbonyl (C=O) groups is 3. The number of pyridine rings is 1. The minimum absolute atomic E-state index is 0.0227. The zero-order valence-corrected chi connectivity index (χ0v) is 71.4. The van der Waals surface area contributed by atoms with Crippen LogP contribution in [0.2, 0.25) is 0 Å². The van der Waals surface area contributed by atoms with Crippen molar-refractivity contribution >= 4 is 17.3 Å². The van der Waals surface area contributed by atoms with E-state index in [4.69, 9.17) is 34.2 Å². The van der Waals surface area contributed by atoms with E-state index >= 15 is 0 Å². The smallest absolute Gasteiger partial charge is 0.212 e. The first kappa shape index (κ1) is 88.3. The van der Waals surface area contributed by atoms with E-state index in [-0.39, 0.29) is 102 Å². The van der Waals surface area contributed by atoms with Crippen LogP contribution >= 0.6 is 0 Å². The summed E-state index contributed by atoms with van der Waals surface area (Å²) < 4.78 is 82.8. The third-order valence-electron chi connectivity index (χ3n) is 24.0. The number of methoxy groups -OCH3 is 4. The van der Waals surface area contributed by atoms with Gasteiger partial charge in [0.25, 0.3) is 0 Å². The first-order valence-electron chi connectivity index (χ1n) is 41.7. The Morgan fingerprint density at radius 2 is 0.787 bits per heavy atom. The molecule has 12 aromatic rings. The first-order valence-corrected chi connectivity index (χ1v) is 41.7. The van der Waals surface area contributed by atoms with Gasteiger partial charge in [-0.05, 0) is 223 Å². The summed E-state index contributed by atoms with van der Waals surface area (Å²) in [5.74, 6) is 0.190. The van der Waals surface area contributed by atoms with Crippen LogP contribution in [0.4, 0.5) is 17.6 Å². The van der Waals surface area contributed by atoms with Crippen LogP contribution in [0.15, 0.2) is 189 Å². The number of ether oxygens (including phenoxy) is 4. The Hall–Kier alpha value is -11.5. The van der Waals surface area contributed by atoms with Gasteiger partial charge < -0.3 is 29.6 Å². The number of aromatic nitrogens is 11. The van der Waals surface area contributed by atoms with Crippen LogP contribution in [-0.2, 0) is 47.9 Å². The second-order valence-electron chi connectivity index (χ2n) is 32.4. The van der Waals surface area contributed by atoms with E-state index in [0.29, 0.717) is 73.3 Å². The lowest BCUT2D eigenvalue weighted by atomic mass is 9.87. The number of Topliss-reactive ketones (excluding diaryl/α,β-unsaturated/α-hetero) is 3. The summed E-state index contributed by atoms with van der Waals surface area (Å²) in [5.41, 5.74) is 16.7. The third kappa shape index (κ3) is 21.2. The minimum Gasteiger partial charge on any atom is -0.481 e. The second-order valence-corrected chi connectivity index (χ2v) is 32.4. The largest absolute Gasteiger partial charge is 0.481 e. The van der Waals surface area contributed by atoms with Gasteiger partial charge in [0.2, 0.25) is 5.88 Å². The molecule has 3 saturated heterocycles. The SMILES string of the molecule is COCC[C@@H]1C[C@@H](CC(=O)Cc2c(C)c(-c3ccc(OC)nc3)nn2-c2ccccc2)[C@H](c2ccc(F)c(C)c2)N1.COCC[C@@H]1C[C@@H](CC(=O)Cc2c(C)c(-c3cnc(C)nc3)nn2-c2ccccc2)[C@H](c2ccc(F)c(C)c2)N1.COCC[C@@H]1C[C@@H](CC(=O)Cc2c(C)c(-c3cnc(C)nc3)nn2-c2ccccc2)[C@H](c2ccc(F)c(F)c2)N1C. The van der Waals surface area contributed by atoms with Gasteiger partial charge in [-0.2, -0.15) is 15.3 Å². The highest BCUT2D eigenvalue weighted by atomic mass is 19.2. The van der Waals surface area contributed by atoms with Gasteiger partial charge in [0, 0.05) is 170 Å². The molecular weight excluding hydrogens is 1550 g/mol. The van der Waals surface area contributed by atoms with Gasteiger partial charge in [0.1, 0.15) is 40.6 Å². The summed E-state index contributed by atoms with van der Waals surface area (Å²) in [4.78, 5) is 65.2. The van der Waals surface area contributed by atoms with Gasteiger partial charge in [-0.25, -0.2) is 56.5 Å². The van der Waals surface area contributed by atoms with Crippen LogP contribution in [-0.4, -0.2) is 150 Å². The van der Waals surface area contributed by atoms with Crippen molar-refractivity contribution in [2.75, 3.05) is 55.3 Å². The maximum Gasteiger partial charge on any atom is 0.212 e. The Bertz CT molecular complexity index is 5540. The van der Waals surface area contributed by atoms with Gasteiger partial charge in [-0.3, -0.25) is 19.3 Å². The molecule has 0 amide bonds. The van der Waals surface area contributed by atoms with E-state index in [0.717, 1.165) is 140 Å². The molecule has 0 unspecified atom stereocenters. The molecule has 636 valence electrons. The number of aryl methyl sites for hydroxylation is 4. The van der Waals surface area contributed by atoms with Gasteiger partial charge in [-0.1, -0.05) is 84.9 Å². The lowest BCUT2D eigenvalue weighted by molar-refractivity contribution is -0.120. The molecule has 0 radical (unpaired) electrons. The van der Waals surface area contributed by atoms with Crippen molar-refractivity contribution in [1.29, 1.82) is 0 Å². The van der Waals surface area contributed by atoms with Crippen molar-refractivity contribution in [2.24, 2.45) is 17.8 Å². The number of nitrogens with one attached hydrogen (secondary N) is 2. The quantitative estimate of drug-likeness (QED) is 0.0384. The predicted molar refractivity (Wildman–Crippen MR) is 462 cm³/mol. The van der Waals surface area contributed by atoms with Crippen LogP contribution in [0.5, 0.6) is 5.88 Å². The highest BCUT2D eigenvalue weighted by molar-refractivity contribution is 5.84. The van der Waals surface area contributed by atoms with Crippen LogP contribution in [0, 0.1) is 89.5 Å². The van der Waals surface area contributed by atoms with Crippen molar-refractivity contribution in [3.8, 4) is 56.7 Å². The summed E-state index contributed by atoms with van der Waals surface area (Å²) >= 11 is 0. The lowest BCUT2D eigenvalue weighted by Gasteiger charge is -2.28. The summed E-state index contributed by atoms with van der Waals surface area (Å²) in [5, 5.41) is 22.1. The number of likely N-dealkylation sites (tertiary alicyclic amines) is 1. The minimum atomic E-state index is -0.878. The van der Waals surface area contributed by atoms with Gasteiger partial charge in [-0.15, -0.1) is 0 Å². The fourth-order valence-electron chi connectivity index (χ4n) is 17.6. The topological polar surface area (TPSA) is 233 Å². The molecule has 9 heterocycles. The van der Waals surface area contributed by atoms with E-state index in [1.165, 1.54) is 18.2 Å². The molecule has 2 N–H and O–H groups in total. The normalized spacial score (nSPS) is 18.8. The van der Waals surface area contributed by atoms with Crippen LogP contribution in [0.1, 0.15) is 149 Å². The maximum absolute atomic E-state index is 14.3. The average molecular weight is 1660 g/mol. The number of carbonyl (C=O) groups excluding carboxylic acids is 3. The molecule has 0 aliphatic carbocycles. The van der Waals surface area contributed by atoms with Crippen LogP contribution in [0.25, 0.3) is 50.8 Å². The summed E-state index contributed by atoms with van der Waals surface area (Å²) in [7, 11) is 8.64.